The number of furan rings is 1. The van der Waals surface area contributed by atoms with Gasteiger partial charge in [0.05, 0.1) is 16.7 Å². The topological polar surface area (TPSA) is 115 Å². The number of nitrogens with zero attached hydrogens (tertiary/aromatic N) is 1. The molecular formula is C22H22N2O6. The van der Waals surface area contributed by atoms with Gasteiger partial charge >= 0.3 is 0 Å². The standard InChI is InChI=1S/C22H22N2O6/c1-22(2,3)14-4-7-16(8-5-14)29-13-17-9-11-20(30-17)21(26)23-18-10-6-15(24(27)28)12-19(18)25/h4-12,25H,13H2,1-3H3,(H,23,26). The number of nitro groups is 1. The zero-order valence-corrected chi connectivity index (χ0v) is 16.8. The Balaban J connectivity index is 1.60. The summed E-state index contributed by atoms with van der Waals surface area (Å²) in [7, 11) is 0. The lowest BCUT2D eigenvalue weighted by Gasteiger charge is -2.19. The van der Waals surface area contributed by atoms with E-state index < -0.39 is 16.6 Å². The summed E-state index contributed by atoms with van der Waals surface area (Å²) in [4.78, 5) is 22.4. The highest BCUT2D eigenvalue weighted by Gasteiger charge is 2.16. The molecule has 0 spiro atoms. The van der Waals surface area contributed by atoms with E-state index >= 15 is 0 Å². The van der Waals surface area contributed by atoms with Crippen LogP contribution in [-0.4, -0.2) is 15.9 Å². The maximum atomic E-state index is 12.3. The van der Waals surface area contributed by atoms with Crippen molar-refractivity contribution in [3.05, 3.63) is 81.8 Å². The summed E-state index contributed by atoms with van der Waals surface area (Å²) >= 11 is 0. The van der Waals surface area contributed by atoms with Crippen molar-refractivity contribution in [2.45, 2.75) is 32.8 Å². The highest BCUT2D eigenvalue weighted by Crippen LogP contribution is 2.28. The number of aromatic hydroxyl groups is 1. The Bertz CT molecular complexity index is 1060. The van der Waals surface area contributed by atoms with Gasteiger partial charge in [-0.25, -0.2) is 0 Å². The first-order chi connectivity index (χ1) is 14.1. The van der Waals surface area contributed by atoms with Crippen LogP contribution in [0.1, 0.15) is 42.6 Å². The third kappa shape index (κ3) is 4.96. The van der Waals surface area contributed by atoms with Crippen molar-refractivity contribution in [2.24, 2.45) is 0 Å². The van der Waals surface area contributed by atoms with E-state index in [0.29, 0.717) is 11.5 Å². The van der Waals surface area contributed by atoms with Crippen molar-refractivity contribution in [1.29, 1.82) is 0 Å². The molecule has 0 fully saturated rings. The Hall–Kier alpha value is -3.81. The number of ether oxygens (including phenoxy) is 1. The van der Waals surface area contributed by atoms with Crippen LogP contribution in [-0.2, 0) is 12.0 Å². The van der Waals surface area contributed by atoms with Gasteiger partial charge in [-0.1, -0.05) is 32.9 Å². The number of benzene rings is 2. The van der Waals surface area contributed by atoms with Crippen LogP contribution in [0.25, 0.3) is 0 Å². The third-order valence-electron chi connectivity index (χ3n) is 4.43. The van der Waals surface area contributed by atoms with E-state index in [1.165, 1.54) is 23.8 Å². The number of phenols is 1. The molecule has 2 aromatic carbocycles. The third-order valence-corrected chi connectivity index (χ3v) is 4.43. The Labute approximate surface area is 173 Å². The Morgan fingerprint density at radius 2 is 1.83 bits per heavy atom. The number of hydrogen-bond donors (Lipinski definition) is 2. The number of phenolic OH excluding ortho intramolecular Hbond substituents is 1. The number of nitro benzene ring substituents is 1. The number of amides is 1. The van der Waals surface area contributed by atoms with Crippen molar-refractivity contribution >= 4 is 17.3 Å². The molecule has 1 aromatic heterocycles. The minimum Gasteiger partial charge on any atom is -0.506 e. The largest absolute Gasteiger partial charge is 0.506 e. The van der Waals surface area contributed by atoms with Crippen LogP contribution in [0.3, 0.4) is 0 Å². The first kappa shape index (κ1) is 20.9. The fraction of sp³-hybridized carbons (Fsp3) is 0.227. The molecule has 1 amide bonds. The fourth-order valence-corrected chi connectivity index (χ4v) is 2.71. The minimum atomic E-state index is -0.638. The van der Waals surface area contributed by atoms with Crippen molar-refractivity contribution in [3.63, 3.8) is 0 Å². The monoisotopic (exact) mass is 410 g/mol. The number of rotatable bonds is 6. The van der Waals surface area contributed by atoms with Crippen LogP contribution in [0.2, 0.25) is 0 Å². The number of non-ortho nitro benzene ring substituents is 1. The highest BCUT2D eigenvalue weighted by atomic mass is 16.6. The molecule has 8 heteroatoms. The second-order valence-corrected chi connectivity index (χ2v) is 7.74. The van der Waals surface area contributed by atoms with Gasteiger partial charge < -0.3 is 19.6 Å². The molecule has 8 nitrogen and oxygen atoms in total. The number of nitrogens with one attached hydrogen (secondary N) is 1. The van der Waals surface area contributed by atoms with Crippen LogP contribution in [0.5, 0.6) is 11.5 Å². The van der Waals surface area contributed by atoms with Crippen LogP contribution in [0.4, 0.5) is 11.4 Å². The van der Waals surface area contributed by atoms with Gasteiger partial charge in [0.25, 0.3) is 11.6 Å². The zero-order valence-electron chi connectivity index (χ0n) is 16.8. The lowest BCUT2D eigenvalue weighted by atomic mass is 9.87. The number of carbonyl (C=O) groups is 1. The van der Waals surface area contributed by atoms with E-state index in [0.717, 1.165) is 6.07 Å². The lowest BCUT2D eigenvalue weighted by molar-refractivity contribution is -0.384. The maximum Gasteiger partial charge on any atom is 0.291 e. The molecule has 0 saturated heterocycles. The fourth-order valence-electron chi connectivity index (χ4n) is 2.71. The molecule has 0 aliphatic carbocycles. The van der Waals surface area contributed by atoms with Gasteiger partial charge in [-0.3, -0.25) is 14.9 Å². The Morgan fingerprint density at radius 1 is 1.13 bits per heavy atom. The van der Waals surface area contributed by atoms with Crippen molar-refractivity contribution in [1.82, 2.24) is 0 Å². The van der Waals surface area contributed by atoms with Crippen molar-refractivity contribution in [2.75, 3.05) is 5.32 Å². The molecule has 0 saturated carbocycles. The lowest BCUT2D eigenvalue weighted by Crippen LogP contribution is -2.11. The van der Waals surface area contributed by atoms with Gasteiger partial charge in [-0.15, -0.1) is 0 Å². The second kappa shape index (κ2) is 8.28. The predicted molar refractivity (Wildman–Crippen MR) is 111 cm³/mol. The van der Waals surface area contributed by atoms with Gasteiger partial charge in [-0.05, 0) is 41.3 Å². The summed E-state index contributed by atoms with van der Waals surface area (Å²) in [6.45, 7) is 6.54. The summed E-state index contributed by atoms with van der Waals surface area (Å²) in [5.74, 6) is 0.148. The van der Waals surface area contributed by atoms with Gasteiger partial charge in [-0.2, -0.15) is 0 Å². The SMILES string of the molecule is CC(C)(C)c1ccc(OCc2ccc(C(=O)Nc3ccc([N+](=O)[O-])cc3O)o2)cc1. The molecule has 1 heterocycles. The molecule has 156 valence electrons. The number of carbonyl (C=O) groups excluding carboxylic acids is 1. The van der Waals surface area contributed by atoms with Crippen LogP contribution in [0.15, 0.2) is 59.0 Å². The molecule has 2 N–H and O–H groups in total. The van der Waals surface area contributed by atoms with Crippen LogP contribution < -0.4 is 10.1 Å². The van der Waals surface area contributed by atoms with E-state index in [1.54, 1.807) is 6.07 Å². The number of hydrogen-bond acceptors (Lipinski definition) is 6. The predicted octanol–water partition coefficient (Wildman–Crippen LogP) is 5.02. The molecule has 3 aromatic rings. The van der Waals surface area contributed by atoms with Gasteiger partial charge in [0.2, 0.25) is 0 Å². The quantitative estimate of drug-likeness (QED) is 0.335. The maximum absolute atomic E-state index is 12.3. The summed E-state index contributed by atoms with van der Waals surface area (Å²) in [5.41, 5.74) is 1.01. The van der Waals surface area contributed by atoms with Crippen LogP contribution >= 0.6 is 0 Å². The Kier molecular flexibility index (Phi) is 5.77. The molecule has 30 heavy (non-hydrogen) atoms. The summed E-state index contributed by atoms with van der Waals surface area (Å²) < 4.78 is 11.2. The molecule has 0 unspecified atom stereocenters. The van der Waals surface area contributed by atoms with Gasteiger partial charge in [0.15, 0.2) is 5.76 Å². The summed E-state index contributed by atoms with van der Waals surface area (Å²) in [6, 6.07) is 14.3. The minimum absolute atomic E-state index is 0.0226. The molecule has 0 aliphatic heterocycles. The zero-order chi connectivity index (χ0) is 21.9. The smallest absolute Gasteiger partial charge is 0.291 e. The van der Waals surface area contributed by atoms with Gasteiger partial charge in [0, 0.05) is 6.07 Å². The van der Waals surface area contributed by atoms with E-state index in [2.05, 4.69) is 26.1 Å². The average molecular weight is 410 g/mol. The summed E-state index contributed by atoms with van der Waals surface area (Å²) in [5, 5.41) is 23.0. The second-order valence-electron chi connectivity index (χ2n) is 7.74. The molecule has 0 atom stereocenters. The van der Waals surface area contributed by atoms with E-state index in [9.17, 15) is 20.0 Å². The molecule has 0 aliphatic rings. The average Bonchev–Trinajstić information content (AvgIpc) is 3.16. The molecular weight excluding hydrogens is 388 g/mol. The normalized spacial score (nSPS) is 11.2. The van der Waals surface area contributed by atoms with Gasteiger partial charge in [0.1, 0.15) is 23.9 Å². The van der Waals surface area contributed by atoms with Crippen LogP contribution in [0, 0.1) is 10.1 Å². The first-order valence-corrected chi connectivity index (χ1v) is 9.24. The molecule has 0 bridgehead atoms. The van der Waals surface area contributed by atoms with Crippen molar-refractivity contribution in [3.8, 4) is 11.5 Å². The summed E-state index contributed by atoms with van der Waals surface area (Å²) in [6.07, 6.45) is 0. The van der Waals surface area contributed by atoms with E-state index in [1.807, 2.05) is 24.3 Å². The molecule has 3 rings (SSSR count). The van der Waals surface area contributed by atoms with E-state index in [-0.39, 0.29) is 29.2 Å². The first-order valence-electron chi connectivity index (χ1n) is 9.24. The molecule has 0 radical (unpaired) electrons. The highest BCUT2D eigenvalue weighted by molar-refractivity contribution is 6.03. The Morgan fingerprint density at radius 3 is 2.43 bits per heavy atom. The van der Waals surface area contributed by atoms with Crippen molar-refractivity contribution < 1.29 is 24.0 Å². The number of anilines is 1. The van der Waals surface area contributed by atoms with E-state index in [4.69, 9.17) is 9.15 Å².